The molecule has 17 nitrogen and oxygen atoms in total. The molecule has 0 aliphatic heterocycles. The van der Waals surface area contributed by atoms with Crippen LogP contribution in [0.2, 0.25) is 0 Å². The van der Waals surface area contributed by atoms with Crippen molar-refractivity contribution < 1.29 is 29.3 Å². The van der Waals surface area contributed by atoms with Crippen molar-refractivity contribution in [3.63, 3.8) is 0 Å². The minimum atomic E-state index is -1.03. The van der Waals surface area contributed by atoms with Crippen LogP contribution in [-0.4, -0.2) is 36.5 Å². The second kappa shape index (κ2) is 9.95. The van der Waals surface area contributed by atoms with Gasteiger partial charge in [0.1, 0.15) is 22.8 Å². The zero-order valence-electron chi connectivity index (χ0n) is 17.5. The van der Waals surface area contributed by atoms with Crippen LogP contribution in [0, 0.1) is 40.5 Å². The van der Waals surface area contributed by atoms with Crippen LogP contribution in [0.5, 0.6) is 0 Å². The van der Waals surface area contributed by atoms with Crippen molar-refractivity contribution in [3.05, 3.63) is 106 Å². The summed E-state index contributed by atoms with van der Waals surface area (Å²) in [5.41, 5.74) is -3.83. The smallest absolute Gasteiger partial charge is 0.289 e. The van der Waals surface area contributed by atoms with Gasteiger partial charge < -0.3 is 10.6 Å². The minimum absolute atomic E-state index is 0.191. The Morgan fingerprint density at radius 1 is 0.611 bits per heavy atom. The van der Waals surface area contributed by atoms with Crippen molar-refractivity contribution in [1.29, 1.82) is 0 Å². The van der Waals surface area contributed by atoms with Gasteiger partial charge in [-0.2, -0.15) is 0 Å². The highest BCUT2D eigenvalue weighted by Crippen LogP contribution is 2.27. The fourth-order valence-electron chi connectivity index (χ4n) is 2.89. The number of nitro benzene ring substituents is 4. The number of nitrogens with zero attached hydrogens (tertiary/aromatic N) is 5. The first-order chi connectivity index (χ1) is 17.0. The molecule has 2 N–H and O–H groups in total. The lowest BCUT2D eigenvalue weighted by molar-refractivity contribution is -0.394. The van der Waals surface area contributed by atoms with Gasteiger partial charge in [0.2, 0.25) is 0 Å². The number of hydrogen-bond acceptors (Lipinski definition) is 11. The maximum absolute atomic E-state index is 12.5. The number of hydrogen-bond donors (Lipinski definition) is 2. The van der Waals surface area contributed by atoms with E-state index in [0.29, 0.717) is 12.1 Å². The molecule has 0 aliphatic rings. The summed E-state index contributed by atoms with van der Waals surface area (Å²) < 4.78 is 0. The van der Waals surface area contributed by atoms with E-state index in [4.69, 9.17) is 0 Å². The molecule has 3 aromatic rings. The number of nitrogens with one attached hydrogen (secondary N) is 2. The summed E-state index contributed by atoms with van der Waals surface area (Å²) in [6, 6.07) is 8.69. The Morgan fingerprint density at radius 3 is 1.33 bits per heavy atom. The number of non-ortho nitro benzene ring substituents is 2. The van der Waals surface area contributed by atoms with E-state index in [9.17, 15) is 50.0 Å². The van der Waals surface area contributed by atoms with Gasteiger partial charge in [-0.1, -0.05) is 6.07 Å². The molecule has 2 amide bonds. The van der Waals surface area contributed by atoms with E-state index in [2.05, 4.69) is 15.6 Å². The summed E-state index contributed by atoms with van der Waals surface area (Å²) in [5, 5.41) is 48.7. The largest absolute Gasteiger partial charge is 0.306 e. The highest BCUT2D eigenvalue weighted by molar-refractivity contribution is 6.08. The second-order valence-electron chi connectivity index (χ2n) is 6.75. The minimum Gasteiger partial charge on any atom is -0.306 e. The van der Waals surface area contributed by atoms with Crippen LogP contribution in [0.25, 0.3) is 0 Å². The number of rotatable bonds is 8. The molecule has 1 heterocycles. The topological polar surface area (TPSA) is 244 Å². The van der Waals surface area contributed by atoms with Gasteiger partial charge >= 0.3 is 0 Å². The Kier molecular flexibility index (Phi) is 6.85. The van der Waals surface area contributed by atoms with Crippen LogP contribution in [0.3, 0.4) is 0 Å². The van der Waals surface area contributed by atoms with Crippen LogP contribution in [0.4, 0.5) is 34.4 Å². The number of aromatic nitrogens is 1. The van der Waals surface area contributed by atoms with Crippen molar-refractivity contribution in [2.75, 3.05) is 10.6 Å². The van der Waals surface area contributed by atoms with Gasteiger partial charge in [-0.05, 0) is 24.3 Å². The fourth-order valence-corrected chi connectivity index (χ4v) is 2.89. The molecule has 0 spiro atoms. The van der Waals surface area contributed by atoms with Crippen molar-refractivity contribution in [2.24, 2.45) is 0 Å². The van der Waals surface area contributed by atoms with E-state index in [0.717, 1.165) is 24.3 Å². The van der Waals surface area contributed by atoms with Gasteiger partial charge in [-0.25, -0.2) is 4.98 Å². The van der Waals surface area contributed by atoms with E-state index in [1.807, 2.05) is 0 Å². The normalized spacial score (nSPS) is 10.2. The van der Waals surface area contributed by atoms with Crippen LogP contribution in [0.15, 0.2) is 54.6 Å². The molecule has 0 saturated carbocycles. The number of amides is 2. The SMILES string of the molecule is O=C(Nc1cccc(NC(=O)c2ccc([N+](=O)[O-])cc2[N+](=O)[O-])n1)c1ccc([N+](=O)[O-])cc1[N+](=O)[O-]. The molecule has 1 aromatic heterocycles. The summed E-state index contributed by atoms with van der Waals surface area (Å²) in [4.78, 5) is 69.5. The molecular formula is C19H11N7O10. The number of pyridine rings is 1. The monoisotopic (exact) mass is 497 g/mol. The summed E-state index contributed by atoms with van der Waals surface area (Å²) in [6.45, 7) is 0. The Hall–Kier alpha value is -5.87. The highest BCUT2D eigenvalue weighted by Gasteiger charge is 2.26. The number of carbonyl (C=O) groups is 2. The molecular weight excluding hydrogens is 486 g/mol. The lowest BCUT2D eigenvalue weighted by Gasteiger charge is -2.08. The molecule has 0 unspecified atom stereocenters. The maximum Gasteiger partial charge on any atom is 0.289 e. The average Bonchev–Trinajstić information content (AvgIpc) is 2.83. The summed E-state index contributed by atoms with van der Waals surface area (Å²) in [6.07, 6.45) is 0. The van der Waals surface area contributed by atoms with E-state index in [-0.39, 0.29) is 11.6 Å². The van der Waals surface area contributed by atoms with Crippen LogP contribution in [-0.2, 0) is 0 Å². The van der Waals surface area contributed by atoms with Gasteiger partial charge in [0, 0.05) is 12.1 Å². The number of anilines is 2. The molecule has 2 aromatic carbocycles. The number of nitro groups is 4. The average molecular weight is 497 g/mol. The van der Waals surface area contributed by atoms with Crippen molar-refractivity contribution >= 4 is 46.2 Å². The molecule has 0 atom stereocenters. The predicted octanol–water partition coefficient (Wildman–Crippen LogP) is 3.22. The number of benzene rings is 2. The Bertz CT molecular complexity index is 1350. The van der Waals surface area contributed by atoms with E-state index < -0.39 is 65.4 Å². The Balaban J connectivity index is 1.84. The van der Waals surface area contributed by atoms with E-state index in [1.165, 1.54) is 18.2 Å². The third kappa shape index (κ3) is 5.36. The summed E-state index contributed by atoms with van der Waals surface area (Å²) in [5.74, 6) is -2.44. The molecule has 0 aliphatic carbocycles. The third-order valence-electron chi connectivity index (χ3n) is 4.50. The van der Waals surface area contributed by atoms with Crippen LogP contribution >= 0.6 is 0 Å². The van der Waals surface area contributed by atoms with E-state index in [1.54, 1.807) is 0 Å². The zero-order valence-corrected chi connectivity index (χ0v) is 17.5. The van der Waals surface area contributed by atoms with Crippen molar-refractivity contribution in [3.8, 4) is 0 Å². The van der Waals surface area contributed by atoms with Gasteiger partial charge in [0.25, 0.3) is 34.6 Å². The molecule has 0 fully saturated rings. The first-order valence-electron chi connectivity index (χ1n) is 9.43. The lowest BCUT2D eigenvalue weighted by atomic mass is 10.1. The summed E-state index contributed by atoms with van der Waals surface area (Å²) >= 11 is 0. The fraction of sp³-hybridized carbons (Fsp3) is 0. The molecule has 36 heavy (non-hydrogen) atoms. The molecule has 0 radical (unpaired) electrons. The zero-order chi connectivity index (χ0) is 26.6. The molecule has 182 valence electrons. The van der Waals surface area contributed by atoms with Crippen LogP contribution < -0.4 is 10.6 Å². The van der Waals surface area contributed by atoms with Gasteiger partial charge in [-0.3, -0.25) is 50.0 Å². The highest BCUT2D eigenvalue weighted by atomic mass is 16.6. The van der Waals surface area contributed by atoms with Crippen LogP contribution in [0.1, 0.15) is 20.7 Å². The first-order valence-corrected chi connectivity index (χ1v) is 9.43. The molecule has 0 saturated heterocycles. The van der Waals surface area contributed by atoms with E-state index >= 15 is 0 Å². The Morgan fingerprint density at radius 2 is 1.00 bits per heavy atom. The van der Waals surface area contributed by atoms with Gasteiger partial charge in [0.15, 0.2) is 0 Å². The molecule has 3 rings (SSSR count). The van der Waals surface area contributed by atoms with Gasteiger partial charge in [0.05, 0.1) is 31.8 Å². The standard InChI is InChI=1S/C19H11N7O10/c27-18(12-6-4-10(23(29)30)8-14(12)25(33)34)21-16-2-1-3-17(20-16)22-19(28)13-7-5-11(24(31)32)9-15(13)26(35)36/h1-9H,(H2,20,21,22,27,28). The lowest BCUT2D eigenvalue weighted by Crippen LogP contribution is -2.17. The van der Waals surface area contributed by atoms with Gasteiger partial charge in [-0.15, -0.1) is 0 Å². The summed E-state index contributed by atoms with van der Waals surface area (Å²) in [7, 11) is 0. The second-order valence-corrected chi connectivity index (χ2v) is 6.75. The Labute approximate surface area is 198 Å². The molecule has 17 heteroatoms. The molecule has 0 bridgehead atoms. The van der Waals surface area contributed by atoms with Crippen molar-refractivity contribution in [1.82, 2.24) is 4.98 Å². The predicted molar refractivity (Wildman–Crippen MR) is 120 cm³/mol. The van der Waals surface area contributed by atoms with Crippen molar-refractivity contribution in [2.45, 2.75) is 0 Å². The first kappa shape index (κ1) is 24.8. The number of carbonyl (C=O) groups excluding carboxylic acids is 2. The third-order valence-corrected chi connectivity index (χ3v) is 4.50. The quantitative estimate of drug-likeness (QED) is 0.338. The maximum atomic E-state index is 12.5.